The van der Waals surface area contributed by atoms with Crippen LogP contribution in [0.15, 0.2) is 79.0 Å². The highest BCUT2D eigenvalue weighted by atomic mass is 19.1. The number of amides is 1. The van der Waals surface area contributed by atoms with Crippen molar-refractivity contribution in [2.45, 2.75) is 19.3 Å². The number of nitrogens with one attached hydrogen (secondary N) is 1. The summed E-state index contributed by atoms with van der Waals surface area (Å²) >= 11 is 0. The number of halogens is 1. The van der Waals surface area contributed by atoms with Gasteiger partial charge in [0, 0.05) is 24.7 Å². The number of carbonyl (C=O) groups excluding carboxylic acids is 1. The quantitative estimate of drug-likeness (QED) is 0.409. The summed E-state index contributed by atoms with van der Waals surface area (Å²) in [4.78, 5) is 24.8. The second-order valence-corrected chi connectivity index (χ2v) is 9.16. The summed E-state index contributed by atoms with van der Waals surface area (Å²) in [6.07, 6.45) is 4.77. The molecule has 3 heterocycles. The molecule has 1 amide bonds. The van der Waals surface area contributed by atoms with Crippen LogP contribution in [-0.2, 0) is 6.42 Å². The Morgan fingerprint density at radius 3 is 2.51 bits per heavy atom. The zero-order chi connectivity index (χ0) is 24.0. The van der Waals surface area contributed by atoms with Crippen molar-refractivity contribution < 1.29 is 9.18 Å². The van der Waals surface area contributed by atoms with Gasteiger partial charge in [-0.3, -0.25) is 9.78 Å². The lowest BCUT2D eigenvalue weighted by Crippen LogP contribution is -2.39. The number of fused-ring (bicyclic) bond motifs is 1. The molecule has 0 atom stereocenters. The summed E-state index contributed by atoms with van der Waals surface area (Å²) in [5, 5.41) is 4.02. The largest absolute Gasteiger partial charge is 0.352 e. The van der Waals surface area contributed by atoms with Crippen molar-refractivity contribution in [3.63, 3.8) is 0 Å². The number of aromatic nitrogens is 2. The van der Waals surface area contributed by atoms with Gasteiger partial charge in [0.2, 0.25) is 0 Å². The number of carbonyl (C=O) groups is 1. The molecular weight excluding hydrogens is 439 g/mol. The highest BCUT2D eigenvalue weighted by molar-refractivity contribution is 6.07. The Morgan fingerprint density at radius 2 is 1.74 bits per heavy atom. The summed E-state index contributed by atoms with van der Waals surface area (Å²) in [6.45, 7) is 3.68. The lowest BCUT2D eigenvalue weighted by Gasteiger charge is -2.32. The molecule has 0 bridgehead atoms. The molecule has 2 aromatic carbocycles. The Balaban J connectivity index is 1.18. The van der Waals surface area contributed by atoms with E-state index in [0.29, 0.717) is 23.7 Å². The molecule has 5 nitrogen and oxygen atoms in total. The van der Waals surface area contributed by atoms with Gasteiger partial charge in [-0.05, 0) is 80.2 Å². The number of piperidine rings is 1. The maximum Gasteiger partial charge on any atom is 0.252 e. The number of rotatable bonds is 7. The lowest BCUT2D eigenvalue weighted by molar-refractivity contribution is 0.0938. The molecule has 6 heteroatoms. The number of hydrogen-bond acceptors (Lipinski definition) is 4. The van der Waals surface area contributed by atoms with E-state index >= 15 is 0 Å². The van der Waals surface area contributed by atoms with Crippen molar-refractivity contribution >= 4 is 16.8 Å². The van der Waals surface area contributed by atoms with Gasteiger partial charge >= 0.3 is 0 Å². The predicted octanol–water partition coefficient (Wildman–Crippen LogP) is 5.12. The minimum atomic E-state index is -0.190. The van der Waals surface area contributed by atoms with E-state index in [1.807, 2.05) is 60.7 Å². The molecule has 4 aromatic rings. The van der Waals surface area contributed by atoms with E-state index in [2.05, 4.69) is 15.2 Å². The van der Waals surface area contributed by atoms with Gasteiger partial charge < -0.3 is 10.2 Å². The lowest BCUT2D eigenvalue weighted by atomic mass is 9.96. The Hall–Kier alpha value is -3.64. The molecule has 2 aromatic heterocycles. The molecule has 178 valence electrons. The minimum Gasteiger partial charge on any atom is -0.352 e. The zero-order valence-electron chi connectivity index (χ0n) is 19.7. The summed E-state index contributed by atoms with van der Waals surface area (Å²) in [7, 11) is 0. The van der Waals surface area contributed by atoms with E-state index < -0.39 is 0 Å². The van der Waals surface area contributed by atoms with Crippen LogP contribution in [0.2, 0.25) is 0 Å². The van der Waals surface area contributed by atoms with E-state index in [1.165, 1.54) is 12.1 Å². The maximum atomic E-state index is 13.2. The highest BCUT2D eigenvalue weighted by Gasteiger charge is 2.21. The molecule has 0 unspecified atom stereocenters. The molecule has 1 N–H and O–H groups in total. The van der Waals surface area contributed by atoms with Crippen LogP contribution >= 0.6 is 0 Å². The average molecular weight is 469 g/mol. The zero-order valence-corrected chi connectivity index (χ0v) is 19.7. The SMILES string of the molecule is O=C(NCC1CCN(CCc2ccc(F)cc2)CC1)c1cc(-c2ccccn2)nc2ccccc12. The average Bonchev–Trinajstić information content (AvgIpc) is 2.92. The molecular formula is C29H29FN4O. The highest BCUT2D eigenvalue weighted by Crippen LogP contribution is 2.24. The molecule has 0 aliphatic carbocycles. The molecule has 0 saturated carbocycles. The number of para-hydroxylation sites is 1. The molecule has 1 aliphatic heterocycles. The van der Waals surface area contributed by atoms with E-state index in [-0.39, 0.29) is 11.7 Å². The number of hydrogen-bond donors (Lipinski definition) is 1. The molecule has 0 spiro atoms. The van der Waals surface area contributed by atoms with E-state index in [1.54, 1.807) is 6.20 Å². The van der Waals surface area contributed by atoms with Crippen molar-refractivity contribution in [3.05, 3.63) is 95.9 Å². The smallest absolute Gasteiger partial charge is 0.252 e. The Kier molecular flexibility index (Phi) is 7.09. The van der Waals surface area contributed by atoms with Crippen molar-refractivity contribution in [1.82, 2.24) is 20.2 Å². The standard InChI is InChI=1S/C29H29FN4O/c30-23-10-8-21(9-11-23)12-16-34-17-13-22(14-18-34)20-32-29(35)25-19-28(27-7-3-4-15-31-27)33-26-6-2-1-5-24(25)26/h1-11,15,19,22H,12-14,16-18,20H2,(H,32,35). The summed E-state index contributed by atoms with van der Waals surface area (Å²) < 4.78 is 13.1. The van der Waals surface area contributed by atoms with Crippen LogP contribution in [0.4, 0.5) is 4.39 Å². The Bertz CT molecular complexity index is 1290. The second-order valence-electron chi connectivity index (χ2n) is 9.16. The fourth-order valence-corrected chi connectivity index (χ4v) is 4.69. The van der Waals surface area contributed by atoms with Gasteiger partial charge in [0.05, 0.1) is 22.5 Å². The maximum absolute atomic E-state index is 13.2. The Labute approximate surface area is 205 Å². The van der Waals surface area contributed by atoms with E-state index in [0.717, 1.165) is 61.1 Å². The van der Waals surface area contributed by atoms with Crippen molar-refractivity contribution in [2.24, 2.45) is 5.92 Å². The molecule has 1 aliphatic rings. The monoisotopic (exact) mass is 468 g/mol. The van der Waals surface area contributed by atoms with Gasteiger partial charge in [-0.25, -0.2) is 9.37 Å². The molecule has 0 radical (unpaired) electrons. The Morgan fingerprint density at radius 1 is 0.971 bits per heavy atom. The van der Waals surface area contributed by atoms with Gasteiger partial charge in [-0.2, -0.15) is 0 Å². The second kappa shape index (κ2) is 10.7. The van der Waals surface area contributed by atoms with Crippen molar-refractivity contribution in [1.29, 1.82) is 0 Å². The number of pyridine rings is 2. The van der Waals surface area contributed by atoms with Crippen LogP contribution in [0.1, 0.15) is 28.8 Å². The van der Waals surface area contributed by atoms with Crippen LogP contribution in [0.25, 0.3) is 22.3 Å². The fraction of sp³-hybridized carbons (Fsp3) is 0.276. The van der Waals surface area contributed by atoms with Gasteiger partial charge in [0.1, 0.15) is 5.82 Å². The van der Waals surface area contributed by atoms with Crippen molar-refractivity contribution in [3.8, 4) is 11.4 Å². The van der Waals surface area contributed by atoms with Gasteiger partial charge in [-0.1, -0.05) is 36.4 Å². The topological polar surface area (TPSA) is 58.1 Å². The van der Waals surface area contributed by atoms with Gasteiger partial charge in [-0.15, -0.1) is 0 Å². The molecule has 5 rings (SSSR count). The molecule has 35 heavy (non-hydrogen) atoms. The molecule has 1 saturated heterocycles. The summed E-state index contributed by atoms with van der Waals surface area (Å²) in [5.41, 5.74) is 4.03. The van der Waals surface area contributed by atoms with Gasteiger partial charge in [0.25, 0.3) is 5.91 Å². The van der Waals surface area contributed by atoms with Crippen LogP contribution in [-0.4, -0.2) is 47.0 Å². The number of nitrogens with zero attached hydrogens (tertiary/aromatic N) is 3. The van der Waals surface area contributed by atoms with Crippen LogP contribution in [0.5, 0.6) is 0 Å². The first-order chi connectivity index (χ1) is 17.2. The van der Waals surface area contributed by atoms with Crippen LogP contribution in [0.3, 0.4) is 0 Å². The first-order valence-electron chi connectivity index (χ1n) is 12.2. The number of likely N-dealkylation sites (tertiary alicyclic amines) is 1. The first-order valence-corrected chi connectivity index (χ1v) is 12.2. The van der Waals surface area contributed by atoms with Crippen LogP contribution in [0, 0.1) is 11.7 Å². The summed E-state index contributed by atoms with van der Waals surface area (Å²) in [6, 6.07) is 22.0. The third-order valence-electron chi connectivity index (χ3n) is 6.78. The number of benzene rings is 2. The van der Waals surface area contributed by atoms with Gasteiger partial charge in [0.15, 0.2) is 0 Å². The third-order valence-corrected chi connectivity index (χ3v) is 6.78. The molecule has 1 fully saturated rings. The van der Waals surface area contributed by atoms with E-state index in [4.69, 9.17) is 4.98 Å². The fourth-order valence-electron chi connectivity index (χ4n) is 4.69. The van der Waals surface area contributed by atoms with E-state index in [9.17, 15) is 9.18 Å². The minimum absolute atomic E-state index is 0.0699. The summed E-state index contributed by atoms with van der Waals surface area (Å²) in [5.74, 6) is 0.202. The normalized spacial score (nSPS) is 14.8. The third kappa shape index (κ3) is 5.72. The first kappa shape index (κ1) is 23.1. The van der Waals surface area contributed by atoms with Crippen LogP contribution < -0.4 is 5.32 Å². The predicted molar refractivity (Wildman–Crippen MR) is 137 cm³/mol. The van der Waals surface area contributed by atoms with Crippen molar-refractivity contribution in [2.75, 3.05) is 26.2 Å².